The Kier molecular flexibility index (Phi) is 4.95. The molecule has 0 saturated heterocycles. The van der Waals surface area contributed by atoms with Gasteiger partial charge in [0.2, 0.25) is 0 Å². The number of halogens is 3. The Morgan fingerprint density at radius 1 is 1.15 bits per heavy atom. The molecule has 5 heteroatoms. The van der Waals surface area contributed by atoms with Crippen molar-refractivity contribution in [3.8, 4) is 5.75 Å². The molecule has 2 nitrogen and oxygen atoms in total. The van der Waals surface area contributed by atoms with E-state index in [9.17, 15) is 8.78 Å². The lowest BCUT2D eigenvalue weighted by Crippen LogP contribution is -2.03. The van der Waals surface area contributed by atoms with E-state index in [1.54, 1.807) is 18.2 Å². The minimum Gasteiger partial charge on any atom is -0.492 e. The van der Waals surface area contributed by atoms with Crippen LogP contribution < -0.4 is 10.1 Å². The Bertz CT molecular complexity index is 604. The number of ether oxygens (including phenoxy) is 1. The number of anilines is 1. The first-order valence-electron chi connectivity index (χ1n) is 6.20. The van der Waals surface area contributed by atoms with Gasteiger partial charge in [0.1, 0.15) is 17.4 Å². The number of benzene rings is 2. The van der Waals surface area contributed by atoms with Gasteiger partial charge in [0.25, 0.3) is 0 Å². The largest absolute Gasteiger partial charge is 0.492 e. The SMILES string of the molecule is CCOc1cc(F)ccc1NCc1ccc(F)c(Br)c1. The van der Waals surface area contributed by atoms with Crippen LogP contribution in [-0.2, 0) is 6.54 Å². The molecule has 20 heavy (non-hydrogen) atoms. The van der Waals surface area contributed by atoms with E-state index in [0.717, 1.165) is 5.56 Å². The maximum atomic E-state index is 13.2. The molecule has 2 rings (SSSR count). The molecule has 0 saturated carbocycles. The molecular weight excluding hydrogens is 328 g/mol. The zero-order valence-corrected chi connectivity index (χ0v) is 12.5. The minimum atomic E-state index is -0.344. The fourth-order valence-electron chi connectivity index (χ4n) is 1.76. The fourth-order valence-corrected chi connectivity index (χ4v) is 2.19. The maximum absolute atomic E-state index is 13.2. The molecular formula is C15H14BrF2NO. The Morgan fingerprint density at radius 2 is 1.95 bits per heavy atom. The van der Waals surface area contributed by atoms with Crippen LogP contribution >= 0.6 is 15.9 Å². The van der Waals surface area contributed by atoms with E-state index >= 15 is 0 Å². The van der Waals surface area contributed by atoms with E-state index in [2.05, 4.69) is 21.2 Å². The third-order valence-electron chi connectivity index (χ3n) is 2.71. The summed E-state index contributed by atoms with van der Waals surface area (Å²) < 4.78 is 32.1. The smallest absolute Gasteiger partial charge is 0.145 e. The lowest BCUT2D eigenvalue weighted by atomic mass is 10.2. The molecule has 0 unspecified atom stereocenters. The van der Waals surface area contributed by atoms with Crippen molar-refractivity contribution in [3.05, 3.63) is 58.1 Å². The summed E-state index contributed by atoms with van der Waals surface area (Å²) in [6, 6.07) is 9.12. The highest BCUT2D eigenvalue weighted by Crippen LogP contribution is 2.26. The topological polar surface area (TPSA) is 21.3 Å². The summed E-state index contributed by atoms with van der Waals surface area (Å²) in [6.07, 6.45) is 0. The third kappa shape index (κ3) is 3.70. The van der Waals surface area contributed by atoms with Crippen LogP contribution in [0.15, 0.2) is 40.9 Å². The Hall–Kier alpha value is -1.62. The molecule has 0 fully saturated rings. The third-order valence-corrected chi connectivity index (χ3v) is 3.32. The molecule has 0 radical (unpaired) electrons. The molecule has 0 aliphatic heterocycles. The van der Waals surface area contributed by atoms with E-state index in [0.29, 0.717) is 29.1 Å². The predicted molar refractivity (Wildman–Crippen MR) is 79.0 cm³/mol. The average molecular weight is 342 g/mol. The van der Waals surface area contributed by atoms with Crippen molar-refractivity contribution in [1.82, 2.24) is 0 Å². The van der Waals surface area contributed by atoms with Crippen molar-refractivity contribution in [1.29, 1.82) is 0 Å². The zero-order chi connectivity index (χ0) is 14.5. The number of nitrogens with one attached hydrogen (secondary N) is 1. The van der Waals surface area contributed by atoms with Crippen LogP contribution in [-0.4, -0.2) is 6.61 Å². The van der Waals surface area contributed by atoms with Crippen LogP contribution in [0.1, 0.15) is 12.5 Å². The van der Waals surface area contributed by atoms with Gasteiger partial charge in [0.15, 0.2) is 0 Å². The molecule has 0 atom stereocenters. The predicted octanol–water partition coefficient (Wildman–Crippen LogP) is 4.74. The first-order valence-corrected chi connectivity index (χ1v) is 6.99. The van der Waals surface area contributed by atoms with Gasteiger partial charge in [-0.05, 0) is 52.7 Å². The van der Waals surface area contributed by atoms with Crippen LogP contribution in [0.3, 0.4) is 0 Å². The van der Waals surface area contributed by atoms with Gasteiger partial charge in [0.05, 0.1) is 16.8 Å². The summed E-state index contributed by atoms with van der Waals surface area (Å²) >= 11 is 3.14. The lowest BCUT2D eigenvalue weighted by molar-refractivity contribution is 0.340. The summed E-state index contributed by atoms with van der Waals surface area (Å²) in [5.41, 5.74) is 1.61. The molecule has 0 bridgehead atoms. The average Bonchev–Trinajstić information content (AvgIpc) is 2.42. The van der Waals surface area contributed by atoms with Crippen molar-refractivity contribution in [2.75, 3.05) is 11.9 Å². The first kappa shape index (κ1) is 14.8. The van der Waals surface area contributed by atoms with E-state index in [-0.39, 0.29) is 11.6 Å². The van der Waals surface area contributed by atoms with Gasteiger partial charge in [-0.15, -0.1) is 0 Å². The fraction of sp³-hybridized carbons (Fsp3) is 0.200. The van der Waals surface area contributed by atoms with Gasteiger partial charge in [-0.1, -0.05) is 6.07 Å². The summed E-state index contributed by atoms with van der Waals surface area (Å²) in [6.45, 7) is 2.79. The highest BCUT2D eigenvalue weighted by atomic mass is 79.9. The summed E-state index contributed by atoms with van der Waals surface area (Å²) in [7, 11) is 0. The maximum Gasteiger partial charge on any atom is 0.145 e. The van der Waals surface area contributed by atoms with Gasteiger partial charge >= 0.3 is 0 Å². The molecule has 0 amide bonds. The molecule has 0 aliphatic rings. The normalized spacial score (nSPS) is 10.4. The summed E-state index contributed by atoms with van der Waals surface area (Å²) in [4.78, 5) is 0. The van der Waals surface area contributed by atoms with Crippen LogP contribution in [0.2, 0.25) is 0 Å². The Morgan fingerprint density at radius 3 is 2.65 bits per heavy atom. The lowest BCUT2D eigenvalue weighted by Gasteiger charge is -2.12. The Balaban J connectivity index is 2.11. The van der Waals surface area contributed by atoms with E-state index in [1.807, 2.05) is 6.92 Å². The second-order valence-corrected chi connectivity index (χ2v) is 5.03. The molecule has 0 aliphatic carbocycles. The number of hydrogen-bond donors (Lipinski definition) is 1. The number of rotatable bonds is 5. The van der Waals surface area contributed by atoms with Gasteiger partial charge in [-0.3, -0.25) is 0 Å². The second kappa shape index (κ2) is 6.70. The van der Waals surface area contributed by atoms with Crippen LogP contribution in [0.5, 0.6) is 5.75 Å². The van der Waals surface area contributed by atoms with E-state index in [1.165, 1.54) is 18.2 Å². The molecule has 0 aromatic heterocycles. The van der Waals surface area contributed by atoms with Crippen molar-refractivity contribution in [2.45, 2.75) is 13.5 Å². The highest BCUT2D eigenvalue weighted by molar-refractivity contribution is 9.10. The molecule has 0 heterocycles. The van der Waals surface area contributed by atoms with Crippen LogP contribution in [0.4, 0.5) is 14.5 Å². The van der Waals surface area contributed by atoms with Gasteiger partial charge < -0.3 is 10.1 Å². The summed E-state index contributed by atoms with van der Waals surface area (Å²) in [5, 5.41) is 3.15. The second-order valence-electron chi connectivity index (χ2n) is 4.18. The zero-order valence-electron chi connectivity index (χ0n) is 10.9. The first-order chi connectivity index (χ1) is 9.60. The summed E-state index contributed by atoms with van der Waals surface area (Å²) in [5.74, 6) is -0.178. The van der Waals surface area contributed by atoms with Crippen molar-refractivity contribution in [3.63, 3.8) is 0 Å². The van der Waals surface area contributed by atoms with Gasteiger partial charge in [-0.25, -0.2) is 8.78 Å². The molecule has 1 N–H and O–H groups in total. The van der Waals surface area contributed by atoms with Gasteiger partial charge in [0, 0.05) is 12.6 Å². The van der Waals surface area contributed by atoms with E-state index < -0.39 is 0 Å². The number of hydrogen-bond acceptors (Lipinski definition) is 2. The quantitative estimate of drug-likeness (QED) is 0.848. The Labute approximate surface area is 124 Å². The van der Waals surface area contributed by atoms with Crippen LogP contribution in [0.25, 0.3) is 0 Å². The molecule has 2 aromatic rings. The monoisotopic (exact) mass is 341 g/mol. The van der Waals surface area contributed by atoms with Crippen molar-refractivity contribution < 1.29 is 13.5 Å². The van der Waals surface area contributed by atoms with E-state index in [4.69, 9.17) is 4.74 Å². The molecule has 2 aromatic carbocycles. The minimum absolute atomic E-state index is 0.300. The van der Waals surface area contributed by atoms with Gasteiger partial charge in [-0.2, -0.15) is 0 Å². The highest BCUT2D eigenvalue weighted by Gasteiger charge is 2.06. The van der Waals surface area contributed by atoms with Crippen molar-refractivity contribution in [2.24, 2.45) is 0 Å². The molecule has 106 valence electrons. The standard InChI is InChI=1S/C15H14BrF2NO/c1-2-20-15-8-11(17)4-6-14(15)19-9-10-3-5-13(18)12(16)7-10/h3-8,19H,2,9H2,1H3. The molecule has 0 spiro atoms. The van der Waals surface area contributed by atoms with Crippen LogP contribution in [0, 0.1) is 11.6 Å². The van der Waals surface area contributed by atoms with Crippen molar-refractivity contribution >= 4 is 21.6 Å².